The Bertz CT molecular complexity index is 324. The van der Waals surface area contributed by atoms with Gasteiger partial charge in [-0.1, -0.05) is 0 Å². The van der Waals surface area contributed by atoms with Crippen LogP contribution in [0.2, 0.25) is 0 Å². The average Bonchev–Trinajstić information content (AvgIpc) is 2.21. The largest absolute Gasteiger partial charge is 0.291 e. The SMILES string of the molecule is c1cnc(Nc2nccnn2)nc1. The monoisotopic (exact) mass is 174 g/mol. The van der Waals surface area contributed by atoms with E-state index in [0.29, 0.717) is 11.9 Å². The van der Waals surface area contributed by atoms with Crippen LogP contribution >= 0.6 is 0 Å². The van der Waals surface area contributed by atoms with E-state index in [9.17, 15) is 0 Å². The van der Waals surface area contributed by atoms with Crippen molar-refractivity contribution in [3.63, 3.8) is 0 Å². The number of nitrogens with zero attached hydrogens (tertiary/aromatic N) is 5. The predicted molar refractivity (Wildman–Crippen MR) is 45.1 cm³/mol. The minimum atomic E-state index is 0.383. The molecule has 13 heavy (non-hydrogen) atoms. The molecule has 0 aliphatic rings. The third-order valence-electron chi connectivity index (χ3n) is 1.27. The van der Waals surface area contributed by atoms with Crippen LogP contribution in [0.4, 0.5) is 11.9 Å². The first-order valence-corrected chi connectivity index (χ1v) is 3.63. The second-order valence-electron chi connectivity index (χ2n) is 2.16. The van der Waals surface area contributed by atoms with Crippen molar-refractivity contribution < 1.29 is 0 Å². The topological polar surface area (TPSA) is 76.5 Å². The molecule has 0 spiro atoms. The Hall–Kier alpha value is -2.11. The molecule has 0 atom stereocenters. The molecule has 1 N–H and O–H groups in total. The summed E-state index contributed by atoms with van der Waals surface area (Å²) in [4.78, 5) is 11.8. The molecule has 0 saturated heterocycles. The van der Waals surface area contributed by atoms with E-state index in [4.69, 9.17) is 0 Å². The van der Waals surface area contributed by atoms with Gasteiger partial charge in [-0.3, -0.25) is 5.32 Å². The summed E-state index contributed by atoms with van der Waals surface area (Å²) >= 11 is 0. The molecule has 2 heterocycles. The fraction of sp³-hybridized carbons (Fsp3) is 0. The van der Waals surface area contributed by atoms with Crippen LogP contribution in [0.25, 0.3) is 0 Å². The smallest absolute Gasteiger partial charge is 0.249 e. The molecule has 0 radical (unpaired) electrons. The summed E-state index contributed by atoms with van der Waals surface area (Å²) in [5.41, 5.74) is 0. The molecule has 2 aromatic heterocycles. The molecule has 0 aliphatic carbocycles. The van der Waals surface area contributed by atoms with Gasteiger partial charge in [0.1, 0.15) is 0 Å². The zero-order valence-corrected chi connectivity index (χ0v) is 6.62. The Kier molecular flexibility index (Phi) is 2.04. The summed E-state index contributed by atoms with van der Waals surface area (Å²) in [5.74, 6) is 0.837. The third-order valence-corrected chi connectivity index (χ3v) is 1.27. The molecule has 0 aliphatic heterocycles. The molecule has 2 rings (SSSR count). The summed E-state index contributed by atoms with van der Waals surface area (Å²) in [6, 6.07) is 1.73. The molecular formula is C7H6N6. The number of hydrogen-bond acceptors (Lipinski definition) is 6. The highest BCUT2D eigenvalue weighted by Gasteiger charge is 1.96. The van der Waals surface area contributed by atoms with Crippen molar-refractivity contribution in [1.82, 2.24) is 25.1 Å². The highest BCUT2D eigenvalue weighted by molar-refractivity contribution is 5.39. The van der Waals surface area contributed by atoms with Crippen LogP contribution in [0.5, 0.6) is 0 Å². The van der Waals surface area contributed by atoms with Gasteiger partial charge >= 0.3 is 0 Å². The van der Waals surface area contributed by atoms with E-state index in [2.05, 4.69) is 30.5 Å². The molecule has 0 unspecified atom stereocenters. The summed E-state index contributed by atoms with van der Waals surface area (Å²) in [7, 11) is 0. The number of nitrogens with one attached hydrogen (secondary N) is 1. The first-order chi connectivity index (χ1) is 6.45. The van der Waals surface area contributed by atoms with Crippen molar-refractivity contribution in [2.24, 2.45) is 0 Å². The summed E-state index contributed by atoms with van der Waals surface area (Å²) in [6.07, 6.45) is 6.30. The lowest BCUT2D eigenvalue weighted by atomic mass is 10.7. The minimum absolute atomic E-state index is 0.383. The molecule has 6 nitrogen and oxygen atoms in total. The van der Waals surface area contributed by atoms with Crippen LogP contribution in [-0.4, -0.2) is 25.1 Å². The quantitative estimate of drug-likeness (QED) is 0.710. The molecule has 0 bridgehead atoms. The van der Waals surface area contributed by atoms with Crippen LogP contribution in [0.3, 0.4) is 0 Å². The summed E-state index contributed by atoms with van der Waals surface area (Å²) < 4.78 is 0. The highest BCUT2D eigenvalue weighted by atomic mass is 15.3. The first-order valence-electron chi connectivity index (χ1n) is 3.63. The molecule has 0 fully saturated rings. The molecule has 0 saturated carbocycles. The van der Waals surface area contributed by atoms with Gasteiger partial charge in [-0.25, -0.2) is 15.0 Å². The lowest BCUT2D eigenvalue weighted by Gasteiger charge is -1.98. The van der Waals surface area contributed by atoms with Crippen LogP contribution < -0.4 is 5.32 Å². The van der Waals surface area contributed by atoms with Gasteiger partial charge in [-0.2, -0.15) is 5.10 Å². The molecule has 6 heteroatoms. The van der Waals surface area contributed by atoms with Gasteiger partial charge in [-0.15, -0.1) is 5.10 Å². The van der Waals surface area contributed by atoms with E-state index in [1.165, 1.54) is 12.4 Å². The van der Waals surface area contributed by atoms with Crippen LogP contribution in [-0.2, 0) is 0 Å². The first kappa shape index (κ1) is 7.53. The molecule has 64 valence electrons. The average molecular weight is 174 g/mol. The standard InChI is InChI=1S/C7H6N6/c1-2-8-6(9-3-1)12-7-10-4-5-11-13-7/h1-5H,(H,8,9,10,12,13). The predicted octanol–water partition coefficient (Wildman–Crippen LogP) is 0.405. The normalized spacial score (nSPS) is 9.54. The molecule has 0 amide bonds. The number of aromatic nitrogens is 5. The van der Waals surface area contributed by atoms with Crippen LogP contribution in [0, 0.1) is 0 Å². The van der Waals surface area contributed by atoms with Gasteiger partial charge in [0.15, 0.2) is 0 Å². The maximum absolute atomic E-state index is 3.94. The lowest BCUT2D eigenvalue weighted by molar-refractivity contribution is 0.969. The Labute approximate surface area is 74.1 Å². The van der Waals surface area contributed by atoms with Gasteiger partial charge in [0.05, 0.1) is 12.4 Å². The Balaban J connectivity index is 2.16. The summed E-state index contributed by atoms with van der Waals surface area (Å²) in [5, 5.41) is 10.2. The maximum Gasteiger partial charge on any atom is 0.249 e. The van der Waals surface area contributed by atoms with E-state index in [-0.39, 0.29) is 0 Å². The fourth-order valence-electron chi connectivity index (χ4n) is 0.769. The van der Waals surface area contributed by atoms with E-state index < -0.39 is 0 Å². The Morgan fingerprint density at radius 3 is 2.31 bits per heavy atom. The molecular weight excluding hydrogens is 168 g/mol. The second-order valence-corrected chi connectivity index (χ2v) is 2.16. The lowest BCUT2D eigenvalue weighted by Crippen LogP contribution is -2.00. The fourth-order valence-corrected chi connectivity index (χ4v) is 0.769. The van der Waals surface area contributed by atoms with Gasteiger partial charge < -0.3 is 0 Å². The van der Waals surface area contributed by atoms with E-state index in [0.717, 1.165) is 0 Å². The Morgan fingerprint density at radius 2 is 1.62 bits per heavy atom. The molecule has 0 aromatic carbocycles. The van der Waals surface area contributed by atoms with Gasteiger partial charge in [0, 0.05) is 12.4 Å². The highest BCUT2D eigenvalue weighted by Crippen LogP contribution is 2.01. The van der Waals surface area contributed by atoms with Gasteiger partial charge in [0.2, 0.25) is 11.9 Å². The van der Waals surface area contributed by atoms with Crippen LogP contribution in [0.15, 0.2) is 30.9 Å². The van der Waals surface area contributed by atoms with Crippen molar-refractivity contribution in [3.05, 3.63) is 30.9 Å². The third kappa shape index (κ3) is 1.92. The minimum Gasteiger partial charge on any atom is -0.291 e. The number of anilines is 2. The van der Waals surface area contributed by atoms with Crippen LogP contribution in [0.1, 0.15) is 0 Å². The van der Waals surface area contributed by atoms with Crippen molar-refractivity contribution in [1.29, 1.82) is 0 Å². The van der Waals surface area contributed by atoms with E-state index >= 15 is 0 Å². The van der Waals surface area contributed by atoms with Crippen molar-refractivity contribution in [2.45, 2.75) is 0 Å². The van der Waals surface area contributed by atoms with E-state index in [1.54, 1.807) is 18.5 Å². The van der Waals surface area contributed by atoms with Crippen molar-refractivity contribution in [2.75, 3.05) is 5.32 Å². The zero-order valence-electron chi connectivity index (χ0n) is 6.62. The van der Waals surface area contributed by atoms with Gasteiger partial charge in [-0.05, 0) is 6.07 Å². The summed E-state index contributed by atoms with van der Waals surface area (Å²) in [6.45, 7) is 0. The Morgan fingerprint density at radius 1 is 0.846 bits per heavy atom. The van der Waals surface area contributed by atoms with E-state index in [1.807, 2.05) is 0 Å². The number of rotatable bonds is 2. The zero-order chi connectivity index (χ0) is 8.93. The van der Waals surface area contributed by atoms with Crippen molar-refractivity contribution >= 4 is 11.9 Å². The number of hydrogen-bond donors (Lipinski definition) is 1. The van der Waals surface area contributed by atoms with Crippen molar-refractivity contribution in [3.8, 4) is 0 Å². The van der Waals surface area contributed by atoms with Gasteiger partial charge in [0.25, 0.3) is 0 Å². The second kappa shape index (κ2) is 3.53. The maximum atomic E-state index is 3.94. The molecule has 2 aromatic rings.